The van der Waals surface area contributed by atoms with Gasteiger partial charge in [0.2, 0.25) is 0 Å². The molecule has 13 heavy (non-hydrogen) atoms. The van der Waals surface area contributed by atoms with Crippen LogP contribution in [0.25, 0.3) is 0 Å². The van der Waals surface area contributed by atoms with Crippen LogP contribution in [0.2, 0.25) is 0 Å². The first-order valence-electron chi connectivity index (χ1n) is 3.78. The summed E-state index contributed by atoms with van der Waals surface area (Å²) in [6, 6.07) is 11.8. The molecular weight excluding hydrogens is 458 g/mol. The molecule has 1 nitrogen and oxygen atoms in total. The van der Waals surface area contributed by atoms with Gasteiger partial charge in [0, 0.05) is 0 Å². The van der Waals surface area contributed by atoms with E-state index in [1.54, 1.807) is 12.1 Å². The number of nitriles is 1. The Bertz CT molecular complexity index is 228. The molecule has 0 aromatic heterocycles. The van der Waals surface area contributed by atoms with E-state index >= 15 is 0 Å². The van der Waals surface area contributed by atoms with E-state index in [0.29, 0.717) is 5.56 Å². The Kier molecular flexibility index (Phi) is 14.7. The molecule has 0 unspecified atom stereocenters. The first-order valence-corrected chi connectivity index (χ1v) is 5.30. The van der Waals surface area contributed by atoms with Crippen molar-refractivity contribution in [2.45, 2.75) is 13.3 Å². The molecule has 0 saturated heterocycles. The van der Waals surface area contributed by atoms with E-state index in [4.69, 9.17) is 5.26 Å². The summed E-state index contributed by atoms with van der Waals surface area (Å²) in [5.74, 6) is 0. The fraction of sp³-hybridized carbons (Fsp3) is 0.300. The van der Waals surface area contributed by atoms with E-state index in [-0.39, 0.29) is 22.4 Å². The van der Waals surface area contributed by atoms with Gasteiger partial charge in [-0.25, -0.2) is 0 Å². The van der Waals surface area contributed by atoms with Gasteiger partial charge in [-0.2, -0.15) is 0 Å². The molecule has 0 heterocycles. The summed E-state index contributed by atoms with van der Waals surface area (Å²) >= 11 is 2.35. The SMILES string of the molecule is CCCI.N#Cc1[c-]cccc1.[Au+]. The smallest absolute Gasteiger partial charge is 0.262 e. The van der Waals surface area contributed by atoms with Gasteiger partial charge in [0.15, 0.2) is 0 Å². The van der Waals surface area contributed by atoms with Crippen LogP contribution in [0.3, 0.4) is 0 Å². The fourth-order valence-corrected chi connectivity index (χ4v) is 0.463. The maximum absolute atomic E-state index is 8.26. The largest absolute Gasteiger partial charge is 1.00 e. The predicted octanol–water partition coefficient (Wildman–Crippen LogP) is 3.19. The van der Waals surface area contributed by atoms with Gasteiger partial charge < -0.3 is 0 Å². The third kappa shape index (κ3) is 10.1. The van der Waals surface area contributed by atoms with Crippen LogP contribution in [0.4, 0.5) is 0 Å². The van der Waals surface area contributed by atoms with Crippen LogP contribution in [-0.2, 0) is 22.4 Å². The molecule has 3 heteroatoms. The zero-order valence-electron chi connectivity index (χ0n) is 7.35. The Morgan fingerprint density at radius 2 is 2.15 bits per heavy atom. The second-order valence-corrected chi connectivity index (χ2v) is 3.16. The van der Waals surface area contributed by atoms with E-state index in [1.807, 2.05) is 18.2 Å². The van der Waals surface area contributed by atoms with E-state index in [9.17, 15) is 0 Å². The Hall–Kier alpha value is 0.180. The van der Waals surface area contributed by atoms with Crippen LogP contribution in [0, 0.1) is 17.4 Å². The summed E-state index contributed by atoms with van der Waals surface area (Å²) < 4.78 is 1.29. The molecule has 0 spiro atoms. The van der Waals surface area contributed by atoms with Crippen molar-refractivity contribution >= 4 is 22.6 Å². The molecule has 0 aliphatic rings. The molecule has 0 saturated carbocycles. The first kappa shape index (κ1) is 15.6. The molecule has 0 aliphatic heterocycles. The molecule has 0 radical (unpaired) electrons. The number of hydrogen-bond acceptors (Lipinski definition) is 1. The molecule has 0 fully saturated rings. The van der Waals surface area contributed by atoms with Crippen molar-refractivity contribution in [2.75, 3.05) is 4.43 Å². The zero-order chi connectivity index (χ0) is 9.23. The molecule has 0 N–H and O–H groups in total. The maximum Gasteiger partial charge on any atom is 1.00 e. The van der Waals surface area contributed by atoms with Gasteiger partial charge in [-0.3, -0.25) is 5.26 Å². The van der Waals surface area contributed by atoms with Gasteiger partial charge >= 0.3 is 22.4 Å². The van der Waals surface area contributed by atoms with Gasteiger partial charge in [0.1, 0.15) is 0 Å². The van der Waals surface area contributed by atoms with Gasteiger partial charge in [-0.05, 0) is 16.9 Å². The molecule has 0 atom stereocenters. The van der Waals surface area contributed by atoms with Crippen LogP contribution >= 0.6 is 22.6 Å². The minimum Gasteiger partial charge on any atom is -0.262 e. The minimum absolute atomic E-state index is 0. The second kappa shape index (κ2) is 12.2. The van der Waals surface area contributed by atoms with Crippen molar-refractivity contribution in [3.8, 4) is 6.07 Å². The summed E-state index contributed by atoms with van der Waals surface area (Å²) in [7, 11) is 0. The number of alkyl halides is 1. The second-order valence-electron chi connectivity index (χ2n) is 2.08. The van der Waals surface area contributed by atoms with Crippen molar-refractivity contribution in [3.63, 3.8) is 0 Å². The number of rotatable bonds is 1. The average molecular weight is 469 g/mol. The number of nitrogens with zero attached hydrogens (tertiary/aromatic N) is 1. The number of benzene rings is 1. The molecule has 0 amide bonds. The van der Waals surface area contributed by atoms with Crippen LogP contribution in [-0.4, -0.2) is 4.43 Å². The molecule has 1 aromatic carbocycles. The van der Waals surface area contributed by atoms with Gasteiger partial charge in [-0.15, -0.1) is 30.3 Å². The standard InChI is InChI=1S/C7H4N.C3H7I.Au/c8-6-7-4-2-1-3-5-7;1-2-3-4;/h1-4H;2-3H2,1H3;/q-1;;+1. The van der Waals surface area contributed by atoms with E-state index < -0.39 is 0 Å². The van der Waals surface area contributed by atoms with Crippen LogP contribution in [0.5, 0.6) is 0 Å². The summed E-state index contributed by atoms with van der Waals surface area (Å²) in [6.07, 6.45) is 1.31. The van der Waals surface area contributed by atoms with Crippen molar-refractivity contribution in [1.29, 1.82) is 5.26 Å². The van der Waals surface area contributed by atoms with Crippen LogP contribution in [0.1, 0.15) is 18.9 Å². The topological polar surface area (TPSA) is 23.8 Å². The van der Waals surface area contributed by atoms with E-state index in [0.717, 1.165) is 0 Å². The Labute approximate surface area is 109 Å². The van der Waals surface area contributed by atoms with Crippen LogP contribution in [0.15, 0.2) is 24.3 Å². The van der Waals surface area contributed by atoms with Crippen molar-refractivity contribution < 1.29 is 22.4 Å². The van der Waals surface area contributed by atoms with Gasteiger partial charge in [0.25, 0.3) is 0 Å². The third-order valence-corrected chi connectivity index (χ3v) is 2.10. The molecule has 74 valence electrons. The Balaban J connectivity index is 0. The average Bonchev–Trinajstić information content (AvgIpc) is 2.19. The first-order chi connectivity index (χ1) is 5.85. The normalized spacial score (nSPS) is 7.15. The molecule has 1 rings (SSSR count). The Morgan fingerprint density at radius 3 is 2.38 bits per heavy atom. The maximum atomic E-state index is 8.26. The van der Waals surface area contributed by atoms with E-state index in [2.05, 4.69) is 35.6 Å². The number of hydrogen-bond donors (Lipinski definition) is 0. The van der Waals surface area contributed by atoms with E-state index in [1.165, 1.54) is 10.8 Å². The summed E-state index contributed by atoms with van der Waals surface area (Å²) in [5, 5.41) is 8.26. The molecular formula is C10H11AuIN. The predicted molar refractivity (Wildman–Crippen MR) is 59.2 cm³/mol. The molecule has 1 aromatic rings. The summed E-state index contributed by atoms with van der Waals surface area (Å²) in [6.45, 7) is 2.17. The van der Waals surface area contributed by atoms with Crippen molar-refractivity contribution in [1.82, 2.24) is 0 Å². The van der Waals surface area contributed by atoms with Crippen molar-refractivity contribution in [3.05, 3.63) is 35.9 Å². The summed E-state index contributed by atoms with van der Waals surface area (Å²) in [5.41, 5.74) is 0.590. The van der Waals surface area contributed by atoms with Crippen molar-refractivity contribution in [2.24, 2.45) is 0 Å². The summed E-state index contributed by atoms with van der Waals surface area (Å²) in [4.78, 5) is 0. The number of halogens is 1. The molecule has 0 aliphatic carbocycles. The minimum atomic E-state index is 0. The molecule has 0 bridgehead atoms. The van der Waals surface area contributed by atoms with Gasteiger partial charge in [-0.1, -0.05) is 35.1 Å². The van der Waals surface area contributed by atoms with Crippen LogP contribution < -0.4 is 0 Å². The zero-order valence-corrected chi connectivity index (χ0v) is 11.7. The van der Waals surface area contributed by atoms with Gasteiger partial charge in [0.05, 0.1) is 0 Å². The fourth-order valence-electron chi connectivity index (χ4n) is 0.463. The monoisotopic (exact) mass is 469 g/mol. The quantitative estimate of drug-likeness (QED) is 0.269. The third-order valence-electron chi connectivity index (χ3n) is 1.02. The Morgan fingerprint density at radius 1 is 1.54 bits per heavy atom.